The van der Waals surface area contributed by atoms with Gasteiger partial charge in [0.25, 0.3) is 10.0 Å². The van der Waals surface area contributed by atoms with Crippen molar-refractivity contribution in [3.63, 3.8) is 0 Å². The van der Waals surface area contributed by atoms with E-state index >= 15 is 0 Å². The molecule has 8 heteroatoms. The zero-order valence-electron chi connectivity index (χ0n) is 11.2. The van der Waals surface area contributed by atoms with Gasteiger partial charge in [-0.1, -0.05) is 0 Å². The lowest BCUT2D eigenvalue weighted by molar-refractivity contribution is 0.1000. The van der Waals surface area contributed by atoms with Gasteiger partial charge in [-0.15, -0.1) is 0 Å². The van der Waals surface area contributed by atoms with Crippen molar-refractivity contribution in [2.75, 3.05) is 10.5 Å². The molecule has 1 aromatic carbocycles. The maximum absolute atomic E-state index is 12.3. The van der Waals surface area contributed by atoms with Crippen molar-refractivity contribution in [1.29, 1.82) is 0 Å². The number of rotatable bonds is 4. The number of primary amides is 1. The highest BCUT2D eigenvalue weighted by Crippen LogP contribution is 2.22. The number of sulfonamides is 1. The summed E-state index contributed by atoms with van der Waals surface area (Å²) < 4.78 is 27.0. The lowest BCUT2D eigenvalue weighted by Gasteiger charge is -2.11. The molecule has 2 rings (SSSR count). The number of aryl methyl sites for hydroxylation is 1. The van der Waals surface area contributed by atoms with E-state index in [4.69, 9.17) is 11.5 Å². The minimum Gasteiger partial charge on any atom is -0.398 e. The Morgan fingerprint density at radius 2 is 1.95 bits per heavy atom. The molecule has 0 bridgehead atoms. The third-order valence-electron chi connectivity index (χ3n) is 2.73. The molecule has 1 heterocycles. The maximum Gasteiger partial charge on any atom is 0.263 e. The molecule has 0 radical (unpaired) electrons. The Morgan fingerprint density at radius 1 is 1.24 bits per heavy atom. The average Bonchev–Trinajstić information content (AvgIpc) is 2.37. The number of benzene rings is 1. The van der Waals surface area contributed by atoms with Gasteiger partial charge in [-0.3, -0.25) is 14.5 Å². The van der Waals surface area contributed by atoms with Gasteiger partial charge in [0.2, 0.25) is 5.91 Å². The molecule has 0 aliphatic rings. The van der Waals surface area contributed by atoms with Crippen LogP contribution in [0.25, 0.3) is 0 Å². The molecular weight excluding hydrogens is 292 g/mol. The first kappa shape index (κ1) is 14.8. The summed E-state index contributed by atoms with van der Waals surface area (Å²) in [5.41, 5.74) is 11.9. The number of nitrogens with one attached hydrogen (secondary N) is 1. The van der Waals surface area contributed by atoms with Gasteiger partial charge in [0.1, 0.15) is 4.90 Å². The lowest BCUT2D eigenvalue weighted by atomic mass is 10.2. The number of hydrogen-bond donors (Lipinski definition) is 3. The summed E-state index contributed by atoms with van der Waals surface area (Å²) >= 11 is 0. The first-order valence-corrected chi connectivity index (χ1v) is 7.43. The molecular formula is C13H14N4O3S. The van der Waals surface area contributed by atoms with Gasteiger partial charge in [0, 0.05) is 17.5 Å². The highest BCUT2D eigenvalue weighted by molar-refractivity contribution is 7.92. The van der Waals surface area contributed by atoms with E-state index in [0.29, 0.717) is 11.4 Å². The van der Waals surface area contributed by atoms with Crippen LogP contribution in [0.1, 0.15) is 16.1 Å². The molecule has 0 saturated carbocycles. The van der Waals surface area contributed by atoms with E-state index < -0.39 is 15.9 Å². The predicted octanol–water partition coefficient (Wildman–Crippen LogP) is 0.872. The Kier molecular flexibility index (Phi) is 3.81. The number of pyridine rings is 1. The van der Waals surface area contributed by atoms with Crippen LogP contribution in [-0.2, 0) is 10.0 Å². The van der Waals surface area contributed by atoms with Crippen LogP contribution >= 0.6 is 0 Å². The molecule has 0 spiro atoms. The summed E-state index contributed by atoms with van der Waals surface area (Å²) in [6.07, 6.45) is 1.49. The van der Waals surface area contributed by atoms with Crippen molar-refractivity contribution < 1.29 is 13.2 Å². The van der Waals surface area contributed by atoms with Crippen LogP contribution in [-0.4, -0.2) is 19.3 Å². The van der Waals surface area contributed by atoms with Crippen LogP contribution in [0, 0.1) is 6.92 Å². The number of aromatic nitrogens is 1. The molecule has 0 aliphatic carbocycles. The molecule has 21 heavy (non-hydrogen) atoms. The smallest absolute Gasteiger partial charge is 0.263 e. The summed E-state index contributed by atoms with van der Waals surface area (Å²) in [5, 5.41) is 0. The topological polar surface area (TPSA) is 128 Å². The van der Waals surface area contributed by atoms with Crippen LogP contribution in [0.4, 0.5) is 11.4 Å². The first-order chi connectivity index (χ1) is 9.79. The number of hydrogen-bond acceptors (Lipinski definition) is 5. The van der Waals surface area contributed by atoms with Crippen LogP contribution in [0.5, 0.6) is 0 Å². The summed E-state index contributed by atoms with van der Waals surface area (Å²) in [4.78, 5) is 14.9. The van der Waals surface area contributed by atoms with E-state index in [2.05, 4.69) is 9.71 Å². The van der Waals surface area contributed by atoms with Crippen molar-refractivity contribution in [3.8, 4) is 0 Å². The van der Waals surface area contributed by atoms with Gasteiger partial charge in [0.15, 0.2) is 0 Å². The lowest BCUT2D eigenvalue weighted by Crippen LogP contribution is -2.17. The van der Waals surface area contributed by atoms with Crippen molar-refractivity contribution in [2.45, 2.75) is 11.8 Å². The van der Waals surface area contributed by atoms with Gasteiger partial charge in [-0.05, 0) is 37.3 Å². The second kappa shape index (κ2) is 5.41. The molecule has 0 fully saturated rings. The second-order valence-electron chi connectivity index (χ2n) is 4.41. The molecule has 0 saturated heterocycles. The Bertz CT molecular complexity index is 803. The summed E-state index contributed by atoms with van der Waals surface area (Å²) in [5.74, 6) is -0.677. The molecule has 7 nitrogen and oxygen atoms in total. The molecule has 110 valence electrons. The first-order valence-electron chi connectivity index (χ1n) is 5.94. The third kappa shape index (κ3) is 3.29. The van der Waals surface area contributed by atoms with Gasteiger partial charge in [-0.25, -0.2) is 8.42 Å². The van der Waals surface area contributed by atoms with Gasteiger partial charge in [0.05, 0.1) is 11.4 Å². The number of carbonyl (C=O) groups is 1. The Hall–Kier alpha value is -2.61. The van der Waals surface area contributed by atoms with E-state index in [1.54, 1.807) is 13.0 Å². The van der Waals surface area contributed by atoms with Crippen LogP contribution in [0.2, 0.25) is 0 Å². The molecule has 1 aromatic heterocycles. The summed E-state index contributed by atoms with van der Waals surface area (Å²) in [7, 11) is -3.86. The maximum atomic E-state index is 12.3. The van der Waals surface area contributed by atoms with Crippen LogP contribution < -0.4 is 16.2 Å². The molecule has 1 amide bonds. The van der Waals surface area contributed by atoms with Gasteiger partial charge < -0.3 is 11.5 Å². The number of nitrogens with two attached hydrogens (primary N) is 2. The fourth-order valence-electron chi connectivity index (χ4n) is 1.77. The molecule has 0 atom stereocenters. The molecule has 0 unspecified atom stereocenters. The fourth-order valence-corrected chi connectivity index (χ4v) is 2.93. The van der Waals surface area contributed by atoms with Crippen molar-refractivity contribution in [1.82, 2.24) is 4.98 Å². The van der Waals surface area contributed by atoms with E-state index in [1.807, 2.05) is 0 Å². The largest absolute Gasteiger partial charge is 0.398 e. The van der Waals surface area contributed by atoms with Crippen molar-refractivity contribution in [3.05, 3.63) is 47.8 Å². The quantitative estimate of drug-likeness (QED) is 0.722. The second-order valence-corrected chi connectivity index (χ2v) is 6.06. The average molecular weight is 306 g/mol. The van der Waals surface area contributed by atoms with E-state index in [-0.39, 0.29) is 16.1 Å². The van der Waals surface area contributed by atoms with E-state index in [9.17, 15) is 13.2 Å². The van der Waals surface area contributed by atoms with E-state index in [0.717, 1.165) is 0 Å². The molecule has 5 N–H and O–H groups in total. The van der Waals surface area contributed by atoms with Crippen molar-refractivity contribution >= 4 is 27.3 Å². The predicted molar refractivity (Wildman–Crippen MR) is 79.2 cm³/mol. The molecule has 0 aliphatic heterocycles. The molecule has 2 aromatic rings. The van der Waals surface area contributed by atoms with Crippen LogP contribution in [0.3, 0.4) is 0 Å². The van der Waals surface area contributed by atoms with Gasteiger partial charge in [-0.2, -0.15) is 0 Å². The number of carbonyl (C=O) groups excluding carboxylic acids is 1. The van der Waals surface area contributed by atoms with E-state index in [1.165, 1.54) is 30.5 Å². The third-order valence-corrected chi connectivity index (χ3v) is 4.19. The monoisotopic (exact) mass is 306 g/mol. The van der Waals surface area contributed by atoms with Crippen molar-refractivity contribution in [2.24, 2.45) is 5.73 Å². The SMILES string of the molecule is Cc1cc(NS(=O)(=O)c2ccc(C(N)=O)cc2N)ccn1. The zero-order valence-corrected chi connectivity index (χ0v) is 12.0. The number of nitrogen functional groups attached to an aromatic ring is 1. The van der Waals surface area contributed by atoms with Gasteiger partial charge >= 0.3 is 0 Å². The summed E-state index contributed by atoms with van der Waals surface area (Å²) in [6.45, 7) is 1.74. The minimum absolute atomic E-state index is 0.0513. The van der Waals surface area contributed by atoms with Crippen LogP contribution in [0.15, 0.2) is 41.4 Å². The Labute approximate surface area is 122 Å². The highest BCUT2D eigenvalue weighted by atomic mass is 32.2. The minimum atomic E-state index is -3.86. The Morgan fingerprint density at radius 3 is 2.52 bits per heavy atom. The zero-order chi connectivity index (χ0) is 15.6. The number of amides is 1. The number of nitrogens with zero attached hydrogens (tertiary/aromatic N) is 1. The summed E-state index contributed by atoms with van der Waals surface area (Å²) in [6, 6.07) is 6.90. The highest BCUT2D eigenvalue weighted by Gasteiger charge is 2.18. The Balaban J connectivity index is 2.38. The standard InChI is InChI=1S/C13H14N4O3S/c1-8-6-10(4-5-16-8)17-21(19,20)12-3-2-9(13(15)18)7-11(12)14/h2-7H,14H2,1H3,(H2,15,18)(H,16,17). The number of anilines is 2. The normalized spacial score (nSPS) is 11.1. The fraction of sp³-hybridized carbons (Fsp3) is 0.0769.